The van der Waals surface area contributed by atoms with Crippen molar-refractivity contribution in [1.82, 2.24) is 5.10 Å². The topological polar surface area (TPSA) is 64.4 Å². The maximum atomic E-state index is 11.9. The van der Waals surface area contributed by atoms with Crippen LogP contribution in [0.1, 0.15) is 4.88 Å². The van der Waals surface area contributed by atoms with Crippen LogP contribution >= 0.6 is 45.9 Å². The van der Waals surface area contributed by atoms with E-state index in [0.29, 0.717) is 20.9 Å². The Morgan fingerprint density at radius 3 is 2.86 bits per heavy atom. The van der Waals surface area contributed by atoms with E-state index < -0.39 is 6.02 Å². The third-order valence-corrected chi connectivity index (χ3v) is 5.22. The smallest absolute Gasteiger partial charge is 0.354 e. The number of rotatable bonds is 2. The molecule has 0 spiro atoms. The summed E-state index contributed by atoms with van der Waals surface area (Å²) in [6.07, 6.45) is 1.90. The van der Waals surface area contributed by atoms with Gasteiger partial charge < -0.3 is 10.4 Å². The minimum Gasteiger partial charge on any atom is -0.846 e. The molecule has 9 heteroatoms. The van der Waals surface area contributed by atoms with Gasteiger partial charge in [-0.05, 0) is 41.0 Å². The number of thiazole rings is 1. The standard InChI is InChI=1S/C12H8Cl2N4OS2/c1-6-5-18-12(20-6)21-11(17-18)16-10(19)15-7-2-3-8(13)9(14)4-7/h2-5H,1H3,(H-,15,16,17,19). The van der Waals surface area contributed by atoms with Gasteiger partial charge in [-0.2, -0.15) is 0 Å². The largest absolute Gasteiger partial charge is 0.846 e. The maximum Gasteiger partial charge on any atom is 0.354 e. The number of fused-ring (bicyclic) bond motifs is 1. The molecule has 21 heavy (non-hydrogen) atoms. The lowest BCUT2D eigenvalue weighted by Crippen LogP contribution is -2.26. The minimum absolute atomic E-state index is 0.371. The Kier molecular flexibility index (Phi) is 3.99. The van der Waals surface area contributed by atoms with Crippen LogP contribution in [-0.4, -0.2) is 11.1 Å². The number of nitrogens with one attached hydrogen (secondary N) is 1. The first-order valence-corrected chi connectivity index (χ1v) is 8.17. The van der Waals surface area contributed by atoms with Gasteiger partial charge in [0.2, 0.25) is 6.20 Å². The molecule has 0 saturated carbocycles. The van der Waals surface area contributed by atoms with Crippen molar-refractivity contribution >= 4 is 66.9 Å². The molecular weight excluding hydrogens is 351 g/mol. The molecule has 3 aromatic rings. The number of aliphatic imine (C=N–C) groups is 1. The number of hydrogen-bond donors (Lipinski definition) is 1. The Bertz CT molecular complexity index is 812. The first-order valence-electron chi connectivity index (χ1n) is 5.78. The average Bonchev–Trinajstić information content (AvgIpc) is 2.90. The summed E-state index contributed by atoms with van der Waals surface area (Å²) in [7, 11) is 0. The highest BCUT2D eigenvalue weighted by molar-refractivity contribution is 7.36. The van der Waals surface area contributed by atoms with Gasteiger partial charge in [0.15, 0.2) is 0 Å². The molecule has 0 saturated heterocycles. The first-order chi connectivity index (χ1) is 10.0. The van der Waals surface area contributed by atoms with Crippen LogP contribution in [0.25, 0.3) is 4.14 Å². The molecule has 0 radical (unpaired) electrons. The average molecular weight is 359 g/mol. The van der Waals surface area contributed by atoms with Crippen molar-refractivity contribution in [2.24, 2.45) is 4.99 Å². The van der Waals surface area contributed by atoms with Crippen LogP contribution in [0.15, 0.2) is 29.4 Å². The van der Waals surface area contributed by atoms with Gasteiger partial charge in [-0.3, -0.25) is 0 Å². The number of amidine groups is 1. The fraction of sp³-hybridized carbons (Fsp3) is 0.0833. The molecule has 3 rings (SSSR count). The Balaban J connectivity index is 1.81. The highest BCUT2D eigenvalue weighted by Gasteiger charge is 2.15. The lowest BCUT2D eigenvalue weighted by Gasteiger charge is -2.12. The summed E-state index contributed by atoms with van der Waals surface area (Å²) >= 11 is 14.7. The van der Waals surface area contributed by atoms with Gasteiger partial charge >= 0.3 is 4.14 Å². The highest BCUT2D eigenvalue weighted by atomic mass is 35.5. The molecule has 0 aliphatic heterocycles. The molecule has 108 valence electrons. The predicted octanol–water partition coefficient (Wildman–Crippen LogP) is 3.02. The Hall–Kier alpha value is -1.41. The molecule has 2 heterocycles. The summed E-state index contributed by atoms with van der Waals surface area (Å²) in [4.78, 5) is 5.07. The van der Waals surface area contributed by atoms with Crippen molar-refractivity contribution in [1.29, 1.82) is 0 Å². The summed E-state index contributed by atoms with van der Waals surface area (Å²) in [5.74, 6) is 0. The van der Waals surface area contributed by atoms with Gasteiger partial charge in [0.25, 0.3) is 5.13 Å². The van der Waals surface area contributed by atoms with Crippen LogP contribution in [0.2, 0.25) is 10.0 Å². The van der Waals surface area contributed by atoms with E-state index in [1.54, 1.807) is 34.1 Å². The molecule has 5 nitrogen and oxygen atoms in total. The quantitative estimate of drug-likeness (QED) is 0.435. The van der Waals surface area contributed by atoms with Crippen LogP contribution in [0, 0.1) is 6.92 Å². The fourth-order valence-electron chi connectivity index (χ4n) is 1.62. The minimum atomic E-state index is -0.507. The van der Waals surface area contributed by atoms with E-state index in [2.05, 4.69) is 15.4 Å². The zero-order valence-electron chi connectivity index (χ0n) is 10.6. The number of hydrogen-bond acceptors (Lipinski definition) is 5. The first kappa shape index (κ1) is 14.5. The van der Waals surface area contributed by atoms with E-state index in [9.17, 15) is 5.11 Å². The second-order valence-corrected chi connectivity index (χ2v) is 7.37. The number of aryl methyl sites for hydroxylation is 1. The normalized spacial score (nSPS) is 12.0. The third-order valence-electron chi connectivity index (χ3n) is 2.48. The summed E-state index contributed by atoms with van der Waals surface area (Å²) in [5.41, 5.74) is 0.528. The highest BCUT2D eigenvalue weighted by Crippen LogP contribution is 2.26. The Labute approximate surface area is 138 Å². The molecule has 0 atom stereocenters. The number of anilines is 1. The predicted molar refractivity (Wildman–Crippen MR) is 85.1 cm³/mol. The van der Waals surface area contributed by atoms with Crippen molar-refractivity contribution in [2.75, 3.05) is 5.32 Å². The van der Waals surface area contributed by atoms with E-state index >= 15 is 0 Å². The molecule has 1 aromatic carbocycles. The molecule has 0 aliphatic rings. The van der Waals surface area contributed by atoms with E-state index in [1.165, 1.54) is 11.3 Å². The number of nitrogens with zero attached hydrogens (tertiary/aromatic N) is 3. The number of aromatic nitrogens is 2. The summed E-state index contributed by atoms with van der Waals surface area (Å²) in [6.45, 7) is 2.00. The molecule has 0 unspecified atom stereocenters. The molecule has 0 bridgehead atoms. The van der Waals surface area contributed by atoms with Gasteiger partial charge in [-0.25, -0.2) is 4.99 Å². The van der Waals surface area contributed by atoms with Crippen LogP contribution in [-0.2, 0) is 0 Å². The Morgan fingerprint density at radius 1 is 1.33 bits per heavy atom. The molecule has 0 aliphatic carbocycles. The van der Waals surface area contributed by atoms with Gasteiger partial charge in [-0.1, -0.05) is 34.5 Å². The number of benzene rings is 1. The van der Waals surface area contributed by atoms with E-state index in [-0.39, 0.29) is 0 Å². The molecular formula is C12H8Cl2N4OS2. The van der Waals surface area contributed by atoms with Crippen LogP contribution in [0.3, 0.4) is 0 Å². The lowest BCUT2D eigenvalue weighted by molar-refractivity contribution is -0.571. The SMILES string of the molecule is Cc1c[n+]2nc(N=C([O-])Nc3ccc(Cl)c(Cl)c3)sc2s1. The van der Waals surface area contributed by atoms with Crippen molar-refractivity contribution in [2.45, 2.75) is 6.92 Å². The molecule has 0 fully saturated rings. The zero-order valence-corrected chi connectivity index (χ0v) is 13.8. The monoisotopic (exact) mass is 358 g/mol. The van der Waals surface area contributed by atoms with Crippen LogP contribution in [0.5, 0.6) is 0 Å². The van der Waals surface area contributed by atoms with Gasteiger partial charge in [0.1, 0.15) is 0 Å². The van der Waals surface area contributed by atoms with Crippen molar-refractivity contribution < 1.29 is 9.62 Å². The van der Waals surface area contributed by atoms with Crippen LogP contribution < -0.4 is 14.9 Å². The summed E-state index contributed by atoms with van der Waals surface area (Å²) in [6, 6.07) is 4.32. The number of halogens is 2. The third kappa shape index (κ3) is 3.26. The summed E-state index contributed by atoms with van der Waals surface area (Å²) < 4.78 is 2.70. The van der Waals surface area contributed by atoms with E-state index in [4.69, 9.17) is 23.2 Å². The molecule has 1 N–H and O–H groups in total. The lowest BCUT2D eigenvalue weighted by atomic mass is 10.3. The van der Waals surface area contributed by atoms with Gasteiger partial charge in [0.05, 0.1) is 20.9 Å². The van der Waals surface area contributed by atoms with Crippen molar-refractivity contribution in [3.63, 3.8) is 0 Å². The Morgan fingerprint density at radius 2 is 2.14 bits per heavy atom. The van der Waals surface area contributed by atoms with Crippen molar-refractivity contribution in [3.8, 4) is 0 Å². The molecule has 0 amide bonds. The van der Waals surface area contributed by atoms with E-state index in [1.807, 2.05) is 13.1 Å². The van der Waals surface area contributed by atoms with Crippen molar-refractivity contribution in [3.05, 3.63) is 39.3 Å². The second kappa shape index (κ2) is 5.76. The second-order valence-electron chi connectivity index (χ2n) is 4.11. The summed E-state index contributed by atoms with van der Waals surface area (Å²) in [5, 5.41) is 19.9. The fourth-order valence-corrected chi connectivity index (χ4v) is 3.92. The molecule has 2 aromatic heterocycles. The van der Waals surface area contributed by atoms with Gasteiger partial charge in [-0.15, -0.1) is 0 Å². The zero-order chi connectivity index (χ0) is 15.0. The maximum absolute atomic E-state index is 11.9. The van der Waals surface area contributed by atoms with E-state index in [0.717, 1.165) is 9.02 Å². The van der Waals surface area contributed by atoms with Gasteiger partial charge in [0, 0.05) is 10.8 Å². The van der Waals surface area contributed by atoms with Crippen LogP contribution in [0.4, 0.5) is 10.8 Å².